The Morgan fingerprint density at radius 3 is 2.57 bits per heavy atom. The van der Waals surface area contributed by atoms with Gasteiger partial charge in [-0.25, -0.2) is 9.79 Å². The van der Waals surface area contributed by atoms with Crippen LogP contribution in [0.15, 0.2) is 4.99 Å². The zero-order chi connectivity index (χ0) is 10.9. The van der Waals surface area contributed by atoms with Gasteiger partial charge in [0.25, 0.3) is 0 Å². The van der Waals surface area contributed by atoms with Crippen molar-refractivity contribution in [1.29, 1.82) is 0 Å². The maximum Gasteiger partial charge on any atom is 0.409 e. The van der Waals surface area contributed by atoms with Crippen molar-refractivity contribution >= 4 is 12.0 Å². The summed E-state index contributed by atoms with van der Waals surface area (Å²) in [4.78, 5) is 16.3. The molecule has 1 aliphatic heterocycles. The van der Waals surface area contributed by atoms with Gasteiger partial charge in [-0.3, -0.25) is 4.90 Å². The summed E-state index contributed by atoms with van der Waals surface area (Å²) in [5.41, 5.74) is -0.205. The number of carbonyl (C=O) groups is 1. The lowest BCUT2D eigenvalue weighted by molar-refractivity contribution is 0.113. The molecular weight excluding hydrogens is 184 g/mol. The van der Waals surface area contributed by atoms with Crippen LogP contribution in [0.1, 0.15) is 20.8 Å². The molecule has 5 nitrogen and oxygen atoms in total. The lowest BCUT2D eigenvalue weighted by Gasteiger charge is -2.32. The van der Waals surface area contributed by atoms with Crippen LogP contribution in [-0.2, 0) is 4.74 Å². The van der Waals surface area contributed by atoms with Gasteiger partial charge in [0.05, 0.1) is 7.11 Å². The van der Waals surface area contributed by atoms with Gasteiger partial charge in [0.2, 0.25) is 5.90 Å². The lowest BCUT2D eigenvalue weighted by Crippen LogP contribution is -2.47. The van der Waals surface area contributed by atoms with Gasteiger partial charge in [0, 0.05) is 0 Å². The Bertz CT molecular complexity index is 268. The summed E-state index contributed by atoms with van der Waals surface area (Å²) in [5.74, 6) is 0.500. The molecule has 0 aromatic carbocycles. The standard InChI is InChI=1S/C9H16N2O3/c1-9(2,3)6-7(14-4)10-5-11(6)8(12)13/h6H,5H2,1-4H3,(H,12,13). The average Bonchev–Trinajstić information content (AvgIpc) is 2.45. The van der Waals surface area contributed by atoms with E-state index in [1.54, 1.807) is 0 Å². The van der Waals surface area contributed by atoms with Crippen molar-refractivity contribution in [2.24, 2.45) is 10.4 Å². The Morgan fingerprint density at radius 2 is 2.21 bits per heavy atom. The third-order valence-corrected chi connectivity index (χ3v) is 2.20. The first-order chi connectivity index (χ1) is 6.38. The molecule has 0 saturated heterocycles. The Labute approximate surface area is 83.4 Å². The van der Waals surface area contributed by atoms with Gasteiger partial charge in [-0.15, -0.1) is 0 Å². The quantitative estimate of drug-likeness (QED) is 0.642. The van der Waals surface area contributed by atoms with Crippen LogP contribution in [0.4, 0.5) is 4.79 Å². The highest BCUT2D eigenvalue weighted by Gasteiger charge is 2.41. The first kappa shape index (κ1) is 10.8. The summed E-state index contributed by atoms with van der Waals surface area (Å²) in [5, 5.41) is 8.96. The van der Waals surface area contributed by atoms with E-state index in [1.807, 2.05) is 20.8 Å². The molecule has 1 rings (SSSR count). The molecule has 14 heavy (non-hydrogen) atoms. The molecule has 5 heteroatoms. The first-order valence-electron chi connectivity index (χ1n) is 4.46. The van der Waals surface area contributed by atoms with Crippen molar-refractivity contribution in [2.45, 2.75) is 26.8 Å². The number of nitrogens with zero attached hydrogens (tertiary/aromatic N) is 2. The zero-order valence-electron chi connectivity index (χ0n) is 8.94. The zero-order valence-corrected chi connectivity index (χ0v) is 8.94. The molecule has 0 saturated carbocycles. The van der Waals surface area contributed by atoms with Crippen LogP contribution >= 0.6 is 0 Å². The molecule has 1 amide bonds. The maximum absolute atomic E-state index is 10.9. The lowest BCUT2D eigenvalue weighted by atomic mass is 9.86. The average molecular weight is 200 g/mol. The molecule has 1 heterocycles. The van der Waals surface area contributed by atoms with E-state index in [-0.39, 0.29) is 18.1 Å². The molecule has 80 valence electrons. The summed E-state index contributed by atoms with van der Waals surface area (Å²) in [6, 6.07) is -0.287. The Hall–Kier alpha value is -1.26. The number of methoxy groups -OCH3 is 1. The Morgan fingerprint density at radius 1 is 1.64 bits per heavy atom. The van der Waals surface area contributed by atoms with Crippen molar-refractivity contribution in [3.8, 4) is 0 Å². The molecule has 0 bridgehead atoms. The van der Waals surface area contributed by atoms with Crippen molar-refractivity contribution < 1.29 is 14.6 Å². The third kappa shape index (κ3) is 1.81. The van der Waals surface area contributed by atoms with Crippen molar-refractivity contribution in [3.63, 3.8) is 0 Å². The topological polar surface area (TPSA) is 62.1 Å². The molecule has 1 N–H and O–H groups in total. The van der Waals surface area contributed by atoms with Crippen molar-refractivity contribution in [2.75, 3.05) is 13.8 Å². The van der Waals surface area contributed by atoms with E-state index in [0.29, 0.717) is 5.90 Å². The molecule has 1 aliphatic rings. The number of hydrogen-bond donors (Lipinski definition) is 1. The van der Waals surface area contributed by atoms with E-state index < -0.39 is 6.09 Å². The first-order valence-corrected chi connectivity index (χ1v) is 4.46. The molecule has 0 aromatic heterocycles. The fourth-order valence-electron chi connectivity index (χ4n) is 1.63. The molecule has 0 fully saturated rings. The van der Waals surface area contributed by atoms with E-state index in [0.717, 1.165) is 0 Å². The number of aliphatic imine (C=N–C) groups is 1. The predicted molar refractivity (Wildman–Crippen MR) is 52.4 cm³/mol. The molecule has 0 spiro atoms. The van der Waals surface area contributed by atoms with E-state index >= 15 is 0 Å². The second-order valence-electron chi connectivity index (χ2n) is 4.36. The van der Waals surface area contributed by atoms with Crippen LogP contribution in [0.3, 0.4) is 0 Å². The molecular formula is C9H16N2O3. The van der Waals surface area contributed by atoms with Gasteiger partial charge in [0.1, 0.15) is 12.7 Å². The normalized spacial score (nSPS) is 22.1. The van der Waals surface area contributed by atoms with Gasteiger partial charge in [0.15, 0.2) is 0 Å². The van der Waals surface area contributed by atoms with Crippen molar-refractivity contribution in [1.82, 2.24) is 4.90 Å². The smallest absolute Gasteiger partial charge is 0.409 e. The fourth-order valence-corrected chi connectivity index (χ4v) is 1.63. The highest BCUT2D eigenvalue weighted by Crippen LogP contribution is 2.29. The van der Waals surface area contributed by atoms with E-state index in [1.165, 1.54) is 12.0 Å². The van der Waals surface area contributed by atoms with Gasteiger partial charge < -0.3 is 9.84 Å². The number of hydrogen-bond acceptors (Lipinski definition) is 3. The Kier molecular flexibility index (Phi) is 2.69. The largest absolute Gasteiger partial charge is 0.483 e. The third-order valence-electron chi connectivity index (χ3n) is 2.20. The second kappa shape index (κ2) is 3.48. The van der Waals surface area contributed by atoms with Gasteiger partial charge >= 0.3 is 6.09 Å². The summed E-state index contributed by atoms with van der Waals surface area (Å²) in [6.45, 7) is 6.06. The van der Waals surface area contributed by atoms with Crippen LogP contribution in [0.2, 0.25) is 0 Å². The second-order valence-corrected chi connectivity index (χ2v) is 4.36. The Balaban J connectivity index is 2.93. The molecule has 0 aromatic rings. The minimum Gasteiger partial charge on any atom is -0.483 e. The van der Waals surface area contributed by atoms with Gasteiger partial charge in [-0.2, -0.15) is 0 Å². The van der Waals surface area contributed by atoms with Crippen LogP contribution in [0, 0.1) is 5.41 Å². The number of carboxylic acid groups (broad SMARTS) is 1. The minimum atomic E-state index is -0.958. The van der Waals surface area contributed by atoms with Crippen LogP contribution in [-0.4, -0.2) is 41.8 Å². The van der Waals surface area contributed by atoms with E-state index in [4.69, 9.17) is 9.84 Å². The summed E-state index contributed by atoms with van der Waals surface area (Å²) in [6.07, 6.45) is -0.958. The van der Waals surface area contributed by atoms with Crippen LogP contribution in [0.25, 0.3) is 0 Å². The van der Waals surface area contributed by atoms with Gasteiger partial charge in [-0.05, 0) is 5.41 Å². The number of rotatable bonds is 0. The van der Waals surface area contributed by atoms with Gasteiger partial charge in [-0.1, -0.05) is 20.8 Å². The van der Waals surface area contributed by atoms with E-state index in [2.05, 4.69) is 4.99 Å². The number of amides is 1. The molecule has 1 atom stereocenters. The molecule has 1 unspecified atom stereocenters. The fraction of sp³-hybridized carbons (Fsp3) is 0.778. The number of ether oxygens (including phenoxy) is 1. The highest BCUT2D eigenvalue weighted by molar-refractivity contribution is 5.88. The van der Waals surface area contributed by atoms with Crippen molar-refractivity contribution in [3.05, 3.63) is 0 Å². The van der Waals surface area contributed by atoms with Crippen LogP contribution in [0.5, 0.6) is 0 Å². The summed E-state index contributed by atoms with van der Waals surface area (Å²) < 4.78 is 5.08. The molecule has 0 radical (unpaired) electrons. The van der Waals surface area contributed by atoms with E-state index in [9.17, 15) is 4.79 Å². The monoisotopic (exact) mass is 200 g/mol. The summed E-state index contributed by atoms with van der Waals surface area (Å²) >= 11 is 0. The minimum absolute atomic E-state index is 0.167. The maximum atomic E-state index is 10.9. The predicted octanol–water partition coefficient (Wildman–Crippen LogP) is 1.40. The highest BCUT2D eigenvalue weighted by atomic mass is 16.5. The summed E-state index contributed by atoms with van der Waals surface area (Å²) in [7, 11) is 1.52. The SMILES string of the molecule is COC1=NCN(C(=O)O)C1C(C)(C)C. The molecule has 0 aliphatic carbocycles. The van der Waals surface area contributed by atoms with Crippen LogP contribution < -0.4 is 0 Å².